The van der Waals surface area contributed by atoms with Crippen molar-refractivity contribution in [2.45, 2.75) is 31.6 Å². The first-order valence-corrected chi connectivity index (χ1v) is 6.85. The van der Waals surface area contributed by atoms with Gasteiger partial charge in [-0.15, -0.1) is 0 Å². The molecule has 0 bridgehead atoms. The highest BCUT2D eigenvalue weighted by Gasteiger charge is 2.43. The summed E-state index contributed by atoms with van der Waals surface area (Å²) in [6, 6.07) is 6.35. The van der Waals surface area contributed by atoms with E-state index in [0.29, 0.717) is 32.5 Å². The van der Waals surface area contributed by atoms with Crippen LogP contribution in [0.25, 0.3) is 0 Å². The van der Waals surface area contributed by atoms with Gasteiger partial charge < -0.3 is 20.3 Å². The number of methoxy groups -OCH3 is 1. The Kier molecular flexibility index (Phi) is 5.10. The van der Waals surface area contributed by atoms with Crippen molar-refractivity contribution in [3.63, 3.8) is 0 Å². The normalized spacial score (nSPS) is 29.8. The van der Waals surface area contributed by atoms with Gasteiger partial charge in [0.1, 0.15) is 5.82 Å². The lowest BCUT2D eigenvalue weighted by atomic mass is 9.86. The summed E-state index contributed by atoms with van der Waals surface area (Å²) in [5.74, 6) is -0.244. The molecule has 4 nitrogen and oxygen atoms in total. The van der Waals surface area contributed by atoms with Crippen molar-refractivity contribution in [1.82, 2.24) is 5.32 Å². The fourth-order valence-corrected chi connectivity index (χ4v) is 2.94. The molecule has 0 aliphatic heterocycles. The standard InChI is InChI=1S/C15H22FNO3/c1-20-10-15(6-13(18)14(19)7-15)9-17-8-11-2-4-12(16)5-3-11/h2-5,13-14,17-19H,6-10H2,1H3/t13-,14+,15?. The highest BCUT2D eigenvalue weighted by Crippen LogP contribution is 2.38. The van der Waals surface area contributed by atoms with Crippen LogP contribution in [-0.2, 0) is 11.3 Å². The number of aliphatic hydroxyl groups is 2. The maximum Gasteiger partial charge on any atom is 0.123 e. The fraction of sp³-hybridized carbons (Fsp3) is 0.600. The molecule has 20 heavy (non-hydrogen) atoms. The molecule has 5 heteroatoms. The molecule has 1 aliphatic carbocycles. The van der Waals surface area contributed by atoms with Crippen LogP contribution in [0.3, 0.4) is 0 Å². The van der Waals surface area contributed by atoms with Gasteiger partial charge in [0.15, 0.2) is 0 Å². The molecule has 2 rings (SSSR count). The zero-order chi connectivity index (χ0) is 14.6. The van der Waals surface area contributed by atoms with Crippen molar-refractivity contribution < 1.29 is 19.3 Å². The van der Waals surface area contributed by atoms with Gasteiger partial charge in [0.2, 0.25) is 0 Å². The molecule has 1 aromatic carbocycles. The Balaban J connectivity index is 1.88. The van der Waals surface area contributed by atoms with Gasteiger partial charge in [-0.1, -0.05) is 12.1 Å². The van der Waals surface area contributed by atoms with Crippen molar-refractivity contribution in [3.05, 3.63) is 35.6 Å². The van der Waals surface area contributed by atoms with Gasteiger partial charge in [0, 0.05) is 25.6 Å². The summed E-state index contributed by atoms with van der Waals surface area (Å²) < 4.78 is 18.0. The zero-order valence-electron chi connectivity index (χ0n) is 11.7. The van der Waals surface area contributed by atoms with E-state index >= 15 is 0 Å². The number of aliphatic hydroxyl groups excluding tert-OH is 2. The Labute approximate surface area is 118 Å². The molecule has 1 fully saturated rings. The van der Waals surface area contributed by atoms with Crippen molar-refractivity contribution in [2.24, 2.45) is 5.41 Å². The molecule has 0 aromatic heterocycles. The summed E-state index contributed by atoms with van der Waals surface area (Å²) in [6.45, 7) is 1.77. The van der Waals surface area contributed by atoms with Crippen LogP contribution in [0.4, 0.5) is 4.39 Å². The Hall–Kier alpha value is -1.01. The molecular formula is C15H22FNO3. The molecular weight excluding hydrogens is 261 g/mol. The summed E-state index contributed by atoms with van der Waals surface area (Å²) in [5, 5.41) is 22.8. The molecule has 1 saturated carbocycles. The molecule has 3 N–H and O–H groups in total. The van der Waals surface area contributed by atoms with E-state index in [9.17, 15) is 14.6 Å². The van der Waals surface area contributed by atoms with Crippen molar-refractivity contribution in [1.29, 1.82) is 0 Å². The molecule has 0 spiro atoms. The van der Waals surface area contributed by atoms with Crippen molar-refractivity contribution >= 4 is 0 Å². The average molecular weight is 283 g/mol. The first-order chi connectivity index (χ1) is 9.54. The van der Waals surface area contributed by atoms with E-state index in [1.54, 1.807) is 19.2 Å². The summed E-state index contributed by atoms with van der Waals surface area (Å²) in [4.78, 5) is 0. The Morgan fingerprint density at radius 1 is 1.25 bits per heavy atom. The first kappa shape index (κ1) is 15.4. The van der Waals surface area contributed by atoms with E-state index in [1.165, 1.54) is 12.1 Å². The molecule has 0 saturated heterocycles. The van der Waals surface area contributed by atoms with Crippen LogP contribution in [0.2, 0.25) is 0 Å². The Morgan fingerprint density at radius 3 is 2.40 bits per heavy atom. The number of halogens is 1. The van der Waals surface area contributed by atoms with Gasteiger partial charge in [0.25, 0.3) is 0 Å². The number of nitrogens with one attached hydrogen (secondary N) is 1. The highest BCUT2D eigenvalue weighted by molar-refractivity contribution is 5.15. The predicted octanol–water partition coefficient (Wildman–Crippen LogP) is 1.06. The largest absolute Gasteiger partial charge is 0.390 e. The summed E-state index contributed by atoms with van der Waals surface area (Å²) >= 11 is 0. The van der Waals surface area contributed by atoms with E-state index in [1.807, 2.05) is 0 Å². The van der Waals surface area contributed by atoms with E-state index in [4.69, 9.17) is 4.74 Å². The van der Waals surface area contributed by atoms with Gasteiger partial charge in [-0.05, 0) is 30.5 Å². The van der Waals surface area contributed by atoms with Crippen molar-refractivity contribution in [2.75, 3.05) is 20.3 Å². The van der Waals surface area contributed by atoms with E-state index < -0.39 is 12.2 Å². The monoisotopic (exact) mass is 283 g/mol. The van der Waals surface area contributed by atoms with Crippen LogP contribution in [0.1, 0.15) is 18.4 Å². The molecule has 3 atom stereocenters. The van der Waals surface area contributed by atoms with Crippen LogP contribution >= 0.6 is 0 Å². The average Bonchev–Trinajstić information content (AvgIpc) is 2.68. The third kappa shape index (κ3) is 3.76. The summed E-state index contributed by atoms with van der Waals surface area (Å²) in [5.41, 5.74) is 0.756. The third-order valence-corrected chi connectivity index (χ3v) is 3.92. The zero-order valence-corrected chi connectivity index (χ0v) is 11.7. The molecule has 112 valence electrons. The first-order valence-electron chi connectivity index (χ1n) is 6.85. The number of hydrogen-bond acceptors (Lipinski definition) is 4. The van der Waals surface area contributed by atoms with Crippen LogP contribution in [0, 0.1) is 11.2 Å². The number of hydrogen-bond donors (Lipinski definition) is 3. The van der Waals surface area contributed by atoms with Crippen LogP contribution in [0.15, 0.2) is 24.3 Å². The minimum Gasteiger partial charge on any atom is -0.390 e. The lowest BCUT2D eigenvalue weighted by Crippen LogP contribution is -2.36. The second kappa shape index (κ2) is 6.63. The van der Waals surface area contributed by atoms with Crippen LogP contribution in [-0.4, -0.2) is 42.7 Å². The molecule has 0 radical (unpaired) electrons. The van der Waals surface area contributed by atoms with E-state index in [2.05, 4.69) is 5.32 Å². The molecule has 0 heterocycles. The second-order valence-corrected chi connectivity index (χ2v) is 5.71. The van der Waals surface area contributed by atoms with Crippen LogP contribution < -0.4 is 5.32 Å². The van der Waals surface area contributed by atoms with Crippen LogP contribution in [0.5, 0.6) is 0 Å². The van der Waals surface area contributed by atoms with Gasteiger partial charge in [-0.2, -0.15) is 0 Å². The molecule has 0 amide bonds. The van der Waals surface area contributed by atoms with Gasteiger partial charge >= 0.3 is 0 Å². The fourth-order valence-electron chi connectivity index (χ4n) is 2.94. The second-order valence-electron chi connectivity index (χ2n) is 5.71. The molecule has 1 aliphatic rings. The lowest BCUT2D eigenvalue weighted by Gasteiger charge is -2.28. The van der Waals surface area contributed by atoms with Gasteiger partial charge in [-0.3, -0.25) is 0 Å². The lowest BCUT2D eigenvalue weighted by molar-refractivity contribution is 0.0438. The molecule has 1 unspecified atom stereocenters. The number of rotatable bonds is 6. The minimum atomic E-state index is -0.683. The third-order valence-electron chi connectivity index (χ3n) is 3.92. The minimum absolute atomic E-state index is 0.242. The number of ether oxygens (including phenoxy) is 1. The number of benzene rings is 1. The summed E-state index contributed by atoms with van der Waals surface area (Å²) in [7, 11) is 1.62. The van der Waals surface area contributed by atoms with Crippen molar-refractivity contribution in [3.8, 4) is 0 Å². The topological polar surface area (TPSA) is 61.7 Å². The highest BCUT2D eigenvalue weighted by atomic mass is 19.1. The Bertz CT molecular complexity index is 414. The SMILES string of the molecule is COCC1(CNCc2ccc(F)cc2)C[C@@H](O)[C@@H](O)C1. The maximum absolute atomic E-state index is 12.8. The molecule has 1 aromatic rings. The smallest absolute Gasteiger partial charge is 0.123 e. The Morgan fingerprint density at radius 2 is 1.85 bits per heavy atom. The van der Waals surface area contributed by atoms with E-state index in [-0.39, 0.29) is 11.2 Å². The van der Waals surface area contributed by atoms with Gasteiger partial charge in [0.05, 0.1) is 18.8 Å². The van der Waals surface area contributed by atoms with E-state index in [0.717, 1.165) is 5.56 Å². The maximum atomic E-state index is 12.8. The quantitative estimate of drug-likeness (QED) is 0.731. The van der Waals surface area contributed by atoms with Gasteiger partial charge in [-0.25, -0.2) is 4.39 Å². The summed E-state index contributed by atoms with van der Waals surface area (Å²) in [6.07, 6.45) is -0.313. The predicted molar refractivity (Wildman–Crippen MR) is 73.7 cm³/mol.